The molecule has 5 heteroatoms. The normalized spacial score (nSPS) is 11.2. The zero-order valence-electron chi connectivity index (χ0n) is 21.3. The highest BCUT2D eigenvalue weighted by Gasteiger charge is 2.10. The first-order valence-corrected chi connectivity index (χ1v) is 15.9. The predicted octanol–water partition coefficient (Wildman–Crippen LogP) is 9.91. The number of pyridine rings is 2. The van der Waals surface area contributed by atoms with Gasteiger partial charge in [0.05, 0.1) is 0 Å². The zero-order valence-corrected chi connectivity index (χ0v) is 23.7. The van der Waals surface area contributed by atoms with Crippen LogP contribution in [0.15, 0.2) is 85.2 Å². The summed E-state index contributed by atoms with van der Waals surface area (Å²) in [5.74, 6) is 0. The molecule has 0 amide bonds. The highest BCUT2D eigenvalue weighted by atomic mass is 32.1. The fourth-order valence-corrected chi connectivity index (χ4v) is 7.83. The molecule has 0 bridgehead atoms. The molecular weight excluding hydrogens is 509 g/mol. The van der Waals surface area contributed by atoms with Crippen LogP contribution in [0.3, 0.4) is 0 Å². The molecule has 37 heavy (non-hydrogen) atoms. The van der Waals surface area contributed by atoms with Gasteiger partial charge >= 0.3 is 0 Å². The van der Waals surface area contributed by atoms with Gasteiger partial charge in [-0.3, -0.25) is 9.97 Å². The Bertz CT molecular complexity index is 1230. The van der Waals surface area contributed by atoms with Gasteiger partial charge in [0.2, 0.25) is 0 Å². The van der Waals surface area contributed by atoms with Crippen LogP contribution < -0.4 is 0 Å². The van der Waals surface area contributed by atoms with E-state index in [0.717, 1.165) is 12.8 Å². The average Bonchev–Trinajstić information content (AvgIpc) is 3.70. The van der Waals surface area contributed by atoms with Gasteiger partial charge in [-0.1, -0.05) is 25.0 Å². The molecule has 0 unspecified atom stereocenters. The summed E-state index contributed by atoms with van der Waals surface area (Å²) in [6.07, 6.45) is 15.8. The van der Waals surface area contributed by atoms with Crippen LogP contribution in [0.2, 0.25) is 0 Å². The van der Waals surface area contributed by atoms with Crippen molar-refractivity contribution in [2.75, 3.05) is 0 Å². The summed E-state index contributed by atoms with van der Waals surface area (Å²) >= 11 is 5.86. The minimum atomic E-state index is 1.09. The van der Waals surface area contributed by atoms with Gasteiger partial charge < -0.3 is 0 Å². The second kappa shape index (κ2) is 13.8. The third kappa shape index (κ3) is 7.94. The third-order valence-electron chi connectivity index (χ3n) is 6.58. The molecule has 190 valence electrons. The second-order valence-corrected chi connectivity index (χ2v) is 12.9. The molecule has 0 aliphatic carbocycles. The maximum Gasteiger partial charge on any atom is 0.0449 e. The molecule has 0 radical (unpaired) electrons. The number of rotatable bonds is 14. The summed E-state index contributed by atoms with van der Waals surface area (Å²) in [5.41, 5.74) is 2.42. The standard InChI is InChI=1S/C32H34N2S3/c1(3-11-25-13-7-9-23-33-25)5-15-27-17-19-29(35-27)31-21-22-32(37-31)30-20-18-28(36-30)16-6-2-4-12-26-14-8-10-24-34-26/h7-10,13-14,17-24H,1-6,11-12,15-16H2. The SMILES string of the molecule is c1ccc(CCCCCc2ccc(-c3ccc(-c4ccc(CCCCCc5ccccn5)s4)s3)s2)nc1. The van der Waals surface area contributed by atoms with Crippen molar-refractivity contribution in [3.8, 4) is 19.5 Å². The molecule has 0 aliphatic rings. The lowest BCUT2D eigenvalue weighted by Crippen LogP contribution is -1.89. The predicted molar refractivity (Wildman–Crippen MR) is 162 cm³/mol. The van der Waals surface area contributed by atoms with E-state index >= 15 is 0 Å². The summed E-state index contributed by atoms with van der Waals surface area (Å²) in [6, 6.07) is 26.3. The maximum atomic E-state index is 4.43. The van der Waals surface area contributed by atoms with E-state index in [9.17, 15) is 0 Å². The summed E-state index contributed by atoms with van der Waals surface area (Å²) < 4.78 is 0. The summed E-state index contributed by atoms with van der Waals surface area (Å²) in [5, 5.41) is 0. The molecule has 5 aromatic rings. The lowest BCUT2D eigenvalue weighted by Gasteiger charge is -2.00. The molecular formula is C32H34N2S3. The summed E-state index contributed by atoms with van der Waals surface area (Å²) in [4.78, 5) is 17.5. The van der Waals surface area contributed by atoms with Crippen LogP contribution in [-0.2, 0) is 25.7 Å². The number of hydrogen-bond acceptors (Lipinski definition) is 5. The molecule has 0 atom stereocenters. The largest absolute Gasteiger partial charge is 0.261 e. The minimum Gasteiger partial charge on any atom is -0.261 e. The van der Waals surface area contributed by atoms with Gasteiger partial charge in [-0.15, -0.1) is 34.0 Å². The number of hydrogen-bond donors (Lipinski definition) is 0. The van der Waals surface area contributed by atoms with Gasteiger partial charge in [-0.05, 0) is 112 Å². The van der Waals surface area contributed by atoms with Crippen molar-refractivity contribution in [2.45, 2.75) is 64.2 Å². The van der Waals surface area contributed by atoms with E-state index in [1.54, 1.807) is 0 Å². The molecule has 0 fully saturated rings. The van der Waals surface area contributed by atoms with Gasteiger partial charge in [0, 0.05) is 53.0 Å². The number of unbranched alkanes of at least 4 members (excludes halogenated alkanes) is 4. The Morgan fingerprint density at radius 2 is 0.838 bits per heavy atom. The lowest BCUT2D eigenvalue weighted by molar-refractivity contribution is 0.675. The van der Waals surface area contributed by atoms with Crippen LogP contribution in [0.1, 0.15) is 59.7 Å². The topological polar surface area (TPSA) is 25.8 Å². The van der Waals surface area contributed by atoms with E-state index in [1.165, 1.54) is 92.0 Å². The van der Waals surface area contributed by atoms with E-state index in [2.05, 4.69) is 70.6 Å². The molecule has 5 heterocycles. The molecule has 2 nitrogen and oxygen atoms in total. The van der Waals surface area contributed by atoms with Gasteiger partial charge in [0.1, 0.15) is 0 Å². The number of aromatic nitrogens is 2. The monoisotopic (exact) mass is 542 g/mol. The van der Waals surface area contributed by atoms with Crippen molar-refractivity contribution < 1.29 is 0 Å². The first kappa shape index (κ1) is 26.0. The van der Waals surface area contributed by atoms with Crippen molar-refractivity contribution >= 4 is 34.0 Å². The quantitative estimate of drug-likeness (QED) is 0.130. The zero-order chi connectivity index (χ0) is 25.1. The average molecular weight is 543 g/mol. The minimum absolute atomic E-state index is 1.09. The Labute approximate surface area is 233 Å². The molecule has 0 N–H and O–H groups in total. The van der Waals surface area contributed by atoms with Gasteiger partial charge in [0.25, 0.3) is 0 Å². The lowest BCUT2D eigenvalue weighted by atomic mass is 10.1. The fourth-order valence-electron chi connectivity index (χ4n) is 4.55. The summed E-state index contributed by atoms with van der Waals surface area (Å²) in [7, 11) is 0. The van der Waals surface area contributed by atoms with Crippen molar-refractivity contribution in [3.05, 3.63) is 106 Å². The fraction of sp³-hybridized carbons (Fsp3) is 0.312. The van der Waals surface area contributed by atoms with Crippen molar-refractivity contribution in [1.82, 2.24) is 9.97 Å². The molecule has 5 aromatic heterocycles. The first-order chi connectivity index (χ1) is 18.3. The Morgan fingerprint density at radius 3 is 1.30 bits per heavy atom. The molecule has 0 spiro atoms. The van der Waals surface area contributed by atoms with E-state index in [1.807, 2.05) is 58.5 Å². The first-order valence-electron chi connectivity index (χ1n) is 13.4. The number of thiophene rings is 3. The number of aryl methyl sites for hydroxylation is 4. The van der Waals surface area contributed by atoms with Crippen LogP contribution in [-0.4, -0.2) is 9.97 Å². The third-order valence-corrected chi connectivity index (χ3v) is 10.3. The Morgan fingerprint density at radius 1 is 0.405 bits per heavy atom. The second-order valence-electron chi connectivity index (χ2n) is 9.46. The van der Waals surface area contributed by atoms with E-state index in [-0.39, 0.29) is 0 Å². The van der Waals surface area contributed by atoms with Crippen LogP contribution in [0.5, 0.6) is 0 Å². The highest BCUT2D eigenvalue weighted by Crippen LogP contribution is 2.40. The van der Waals surface area contributed by atoms with Gasteiger partial charge in [0.15, 0.2) is 0 Å². The summed E-state index contributed by atoms with van der Waals surface area (Å²) in [6.45, 7) is 0. The Balaban J connectivity index is 1.04. The van der Waals surface area contributed by atoms with Crippen LogP contribution in [0, 0.1) is 0 Å². The Hall–Kier alpha value is -2.60. The number of nitrogens with zero attached hydrogens (tertiary/aromatic N) is 2. The molecule has 0 aliphatic heterocycles. The Kier molecular flexibility index (Phi) is 9.71. The highest BCUT2D eigenvalue weighted by molar-refractivity contribution is 7.26. The van der Waals surface area contributed by atoms with Gasteiger partial charge in [-0.2, -0.15) is 0 Å². The smallest absolute Gasteiger partial charge is 0.0449 e. The van der Waals surface area contributed by atoms with E-state index < -0.39 is 0 Å². The van der Waals surface area contributed by atoms with Crippen molar-refractivity contribution in [2.24, 2.45) is 0 Å². The van der Waals surface area contributed by atoms with Crippen molar-refractivity contribution in [3.63, 3.8) is 0 Å². The van der Waals surface area contributed by atoms with Crippen molar-refractivity contribution in [1.29, 1.82) is 0 Å². The van der Waals surface area contributed by atoms with Crippen LogP contribution in [0.4, 0.5) is 0 Å². The molecule has 5 rings (SSSR count). The van der Waals surface area contributed by atoms with Crippen LogP contribution in [0.25, 0.3) is 19.5 Å². The molecule has 0 saturated carbocycles. The maximum absolute atomic E-state index is 4.43. The van der Waals surface area contributed by atoms with E-state index in [0.29, 0.717) is 0 Å². The molecule has 0 aromatic carbocycles. The molecule has 0 saturated heterocycles. The van der Waals surface area contributed by atoms with E-state index in [4.69, 9.17) is 0 Å². The van der Waals surface area contributed by atoms with Gasteiger partial charge in [-0.25, -0.2) is 0 Å². The van der Waals surface area contributed by atoms with Crippen LogP contribution >= 0.6 is 34.0 Å².